The quantitative estimate of drug-likeness (QED) is 0.902. The molecule has 0 aromatic heterocycles. The predicted molar refractivity (Wildman–Crippen MR) is 89.0 cm³/mol. The van der Waals surface area contributed by atoms with Gasteiger partial charge in [-0.05, 0) is 30.4 Å². The van der Waals surface area contributed by atoms with E-state index in [1.54, 1.807) is 0 Å². The highest BCUT2D eigenvalue weighted by molar-refractivity contribution is 6.31. The van der Waals surface area contributed by atoms with Crippen molar-refractivity contribution < 1.29 is 4.79 Å². The third-order valence-electron chi connectivity index (χ3n) is 4.61. The van der Waals surface area contributed by atoms with Crippen molar-refractivity contribution in [1.29, 1.82) is 0 Å². The zero-order valence-corrected chi connectivity index (χ0v) is 13.9. The summed E-state index contributed by atoms with van der Waals surface area (Å²) in [7, 11) is 1.92. The molecule has 120 valence electrons. The Morgan fingerprint density at radius 3 is 2.91 bits per heavy atom. The molecule has 1 aliphatic heterocycles. The van der Waals surface area contributed by atoms with Gasteiger partial charge in [-0.2, -0.15) is 0 Å². The first kappa shape index (κ1) is 15.8. The van der Waals surface area contributed by atoms with E-state index in [1.807, 2.05) is 30.1 Å². The van der Waals surface area contributed by atoms with Gasteiger partial charge in [0.25, 0.3) is 0 Å². The van der Waals surface area contributed by atoms with Gasteiger partial charge in [0.05, 0.1) is 6.54 Å². The molecule has 1 saturated carbocycles. The van der Waals surface area contributed by atoms with Crippen molar-refractivity contribution in [1.82, 2.24) is 15.1 Å². The molecule has 2 aliphatic rings. The number of hydrogen-bond acceptors (Lipinski definition) is 3. The molecule has 1 amide bonds. The zero-order chi connectivity index (χ0) is 15.5. The van der Waals surface area contributed by atoms with Crippen LogP contribution in [0.25, 0.3) is 0 Å². The van der Waals surface area contributed by atoms with Gasteiger partial charge < -0.3 is 10.2 Å². The molecule has 22 heavy (non-hydrogen) atoms. The van der Waals surface area contributed by atoms with Crippen LogP contribution in [0, 0.1) is 5.92 Å². The normalized spacial score (nSPS) is 22.5. The summed E-state index contributed by atoms with van der Waals surface area (Å²) in [5.74, 6) is 0.946. The molecule has 1 heterocycles. The van der Waals surface area contributed by atoms with E-state index in [1.165, 1.54) is 12.8 Å². The number of halogens is 1. The number of carbonyl (C=O) groups excluding carboxylic acids is 1. The van der Waals surface area contributed by atoms with Crippen LogP contribution in [0.15, 0.2) is 24.3 Å². The Labute approximate surface area is 137 Å². The minimum Gasteiger partial charge on any atom is -0.344 e. The van der Waals surface area contributed by atoms with Crippen LogP contribution in [0.2, 0.25) is 5.02 Å². The van der Waals surface area contributed by atoms with Crippen LogP contribution in [-0.2, 0) is 4.79 Å². The molecule has 5 heteroatoms. The minimum atomic E-state index is 0.167. The molecule has 1 aromatic carbocycles. The number of rotatable bonds is 5. The fourth-order valence-electron chi connectivity index (χ4n) is 3.07. The predicted octanol–water partition coefficient (Wildman–Crippen LogP) is 2.15. The number of carbonyl (C=O) groups is 1. The molecule has 1 aromatic rings. The van der Waals surface area contributed by atoms with Gasteiger partial charge >= 0.3 is 0 Å². The molecule has 1 saturated heterocycles. The van der Waals surface area contributed by atoms with E-state index in [0.717, 1.165) is 42.7 Å². The lowest BCUT2D eigenvalue weighted by molar-refractivity contribution is -0.132. The fourth-order valence-corrected chi connectivity index (χ4v) is 3.33. The first-order chi connectivity index (χ1) is 10.6. The smallest absolute Gasteiger partial charge is 0.236 e. The maximum Gasteiger partial charge on any atom is 0.236 e. The van der Waals surface area contributed by atoms with Crippen molar-refractivity contribution in [3.05, 3.63) is 34.9 Å². The molecule has 1 aliphatic carbocycles. The summed E-state index contributed by atoms with van der Waals surface area (Å²) >= 11 is 6.35. The summed E-state index contributed by atoms with van der Waals surface area (Å²) in [6.07, 6.45) is 2.54. The van der Waals surface area contributed by atoms with Gasteiger partial charge in [-0.25, -0.2) is 0 Å². The molecule has 1 N–H and O–H groups in total. The van der Waals surface area contributed by atoms with Gasteiger partial charge in [0.1, 0.15) is 0 Å². The summed E-state index contributed by atoms with van der Waals surface area (Å²) < 4.78 is 0. The average molecular weight is 322 g/mol. The maximum absolute atomic E-state index is 12.5. The third kappa shape index (κ3) is 3.80. The Hall–Kier alpha value is -1.10. The number of hydrogen-bond donors (Lipinski definition) is 1. The van der Waals surface area contributed by atoms with Crippen LogP contribution in [0.4, 0.5) is 0 Å². The average Bonchev–Trinajstić information content (AvgIpc) is 3.32. The molecule has 2 fully saturated rings. The van der Waals surface area contributed by atoms with Crippen LogP contribution in [0.1, 0.15) is 24.4 Å². The van der Waals surface area contributed by atoms with E-state index in [9.17, 15) is 4.79 Å². The number of amides is 1. The van der Waals surface area contributed by atoms with Crippen molar-refractivity contribution in [2.24, 2.45) is 5.92 Å². The van der Waals surface area contributed by atoms with E-state index in [-0.39, 0.29) is 11.9 Å². The number of piperazine rings is 1. The number of likely N-dealkylation sites (N-methyl/N-ethyl adjacent to an activating group) is 1. The Bertz CT molecular complexity index is 532. The molecular formula is C17H24ClN3O. The highest BCUT2D eigenvalue weighted by atomic mass is 35.5. The summed E-state index contributed by atoms with van der Waals surface area (Å²) in [6.45, 7) is 4.01. The van der Waals surface area contributed by atoms with Crippen LogP contribution in [0.3, 0.4) is 0 Å². The van der Waals surface area contributed by atoms with Crippen LogP contribution >= 0.6 is 11.6 Å². The van der Waals surface area contributed by atoms with Crippen LogP contribution < -0.4 is 5.32 Å². The summed E-state index contributed by atoms with van der Waals surface area (Å²) in [5, 5.41) is 4.19. The van der Waals surface area contributed by atoms with Gasteiger partial charge in [-0.3, -0.25) is 9.69 Å². The summed E-state index contributed by atoms with van der Waals surface area (Å²) in [6, 6.07) is 8.10. The molecule has 0 spiro atoms. The van der Waals surface area contributed by atoms with Gasteiger partial charge in [-0.1, -0.05) is 29.8 Å². The lowest BCUT2D eigenvalue weighted by Crippen LogP contribution is -2.50. The molecule has 0 radical (unpaired) electrons. The second-order valence-corrected chi connectivity index (χ2v) is 6.84. The van der Waals surface area contributed by atoms with Crippen molar-refractivity contribution in [3.63, 3.8) is 0 Å². The van der Waals surface area contributed by atoms with E-state index in [4.69, 9.17) is 11.6 Å². The standard InChI is InChI=1S/C17H24ClN3O/c1-20(11-13-6-7-13)17(22)12-21-9-8-19-10-16(21)14-4-2-3-5-15(14)18/h2-5,13,16,19H,6-12H2,1H3. The van der Waals surface area contributed by atoms with Crippen molar-refractivity contribution in [3.8, 4) is 0 Å². The zero-order valence-electron chi connectivity index (χ0n) is 13.1. The van der Waals surface area contributed by atoms with Crippen molar-refractivity contribution >= 4 is 17.5 Å². The fraction of sp³-hybridized carbons (Fsp3) is 0.588. The van der Waals surface area contributed by atoms with E-state index in [0.29, 0.717) is 6.54 Å². The largest absolute Gasteiger partial charge is 0.344 e. The monoisotopic (exact) mass is 321 g/mol. The first-order valence-corrected chi connectivity index (χ1v) is 8.46. The Balaban J connectivity index is 1.67. The third-order valence-corrected chi connectivity index (χ3v) is 4.96. The molecule has 3 rings (SSSR count). The van der Waals surface area contributed by atoms with E-state index >= 15 is 0 Å². The summed E-state index contributed by atoms with van der Waals surface area (Å²) in [4.78, 5) is 16.6. The van der Waals surface area contributed by atoms with Crippen molar-refractivity contribution in [2.45, 2.75) is 18.9 Å². The Morgan fingerprint density at radius 1 is 1.41 bits per heavy atom. The van der Waals surface area contributed by atoms with Crippen LogP contribution in [-0.4, -0.2) is 55.5 Å². The van der Waals surface area contributed by atoms with E-state index in [2.05, 4.69) is 16.3 Å². The maximum atomic E-state index is 12.5. The molecule has 1 atom stereocenters. The van der Waals surface area contributed by atoms with Gasteiger partial charge in [0, 0.05) is 44.3 Å². The van der Waals surface area contributed by atoms with Gasteiger partial charge in [0.15, 0.2) is 0 Å². The highest BCUT2D eigenvalue weighted by Crippen LogP contribution is 2.30. The van der Waals surface area contributed by atoms with Gasteiger partial charge in [0.2, 0.25) is 5.91 Å². The lowest BCUT2D eigenvalue weighted by Gasteiger charge is -2.37. The number of nitrogens with one attached hydrogen (secondary N) is 1. The van der Waals surface area contributed by atoms with E-state index < -0.39 is 0 Å². The van der Waals surface area contributed by atoms with Gasteiger partial charge in [-0.15, -0.1) is 0 Å². The number of nitrogens with zero attached hydrogens (tertiary/aromatic N) is 2. The van der Waals surface area contributed by atoms with Crippen LogP contribution in [0.5, 0.6) is 0 Å². The number of benzene rings is 1. The molecular weight excluding hydrogens is 298 g/mol. The Morgan fingerprint density at radius 2 is 2.18 bits per heavy atom. The first-order valence-electron chi connectivity index (χ1n) is 8.08. The molecule has 4 nitrogen and oxygen atoms in total. The molecule has 1 unspecified atom stereocenters. The second-order valence-electron chi connectivity index (χ2n) is 6.43. The minimum absolute atomic E-state index is 0.167. The highest BCUT2D eigenvalue weighted by Gasteiger charge is 2.29. The summed E-state index contributed by atoms with van der Waals surface area (Å²) in [5.41, 5.74) is 1.11. The SMILES string of the molecule is CN(CC1CC1)C(=O)CN1CCNCC1c1ccccc1Cl. The van der Waals surface area contributed by atoms with Crippen molar-refractivity contribution in [2.75, 3.05) is 39.8 Å². The molecule has 0 bridgehead atoms. The Kier molecular flexibility index (Phi) is 5.01. The second kappa shape index (κ2) is 6.99. The topological polar surface area (TPSA) is 35.6 Å². The lowest BCUT2D eigenvalue weighted by atomic mass is 10.0.